The highest BCUT2D eigenvalue weighted by Gasteiger charge is 2.10. The number of amides is 1. The molecule has 0 radical (unpaired) electrons. The van der Waals surface area contributed by atoms with Crippen molar-refractivity contribution in [2.75, 3.05) is 11.4 Å². The lowest BCUT2D eigenvalue weighted by molar-refractivity contribution is 0.0951. The number of carbonyl (C=O) groups is 1. The van der Waals surface area contributed by atoms with Gasteiger partial charge >= 0.3 is 0 Å². The van der Waals surface area contributed by atoms with E-state index in [-0.39, 0.29) is 5.91 Å². The average Bonchev–Trinajstić information content (AvgIpc) is 3.20. The van der Waals surface area contributed by atoms with Crippen LogP contribution in [0.1, 0.15) is 42.3 Å². The van der Waals surface area contributed by atoms with E-state index < -0.39 is 0 Å². The Balaban J connectivity index is 1.59. The molecule has 1 heterocycles. The molecule has 146 valence electrons. The topological polar surface area (TPSA) is 50.2 Å². The second-order valence-corrected chi connectivity index (χ2v) is 7.13. The van der Waals surface area contributed by atoms with Crippen LogP contribution in [0.3, 0.4) is 0 Å². The van der Waals surface area contributed by atoms with E-state index in [0.29, 0.717) is 18.2 Å². The van der Waals surface area contributed by atoms with Gasteiger partial charge in [0.25, 0.3) is 5.91 Å². The first-order chi connectivity index (χ1) is 13.6. The zero-order valence-electron chi connectivity index (χ0n) is 16.8. The van der Waals surface area contributed by atoms with Crippen LogP contribution in [-0.2, 0) is 13.1 Å². The predicted octanol–water partition coefficient (Wildman–Crippen LogP) is 4.10. The Kier molecular flexibility index (Phi) is 6.48. The summed E-state index contributed by atoms with van der Waals surface area (Å²) >= 11 is 0. The third-order valence-corrected chi connectivity index (χ3v) is 4.77. The SMILES string of the molecule is CCN(c1ccc(C(=O)NCc2cccc(Cn3cccn3)c2)cc1)C(C)C. The maximum Gasteiger partial charge on any atom is 0.251 e. The first kappa shape index (κ1) is 19.7. The van der Waals surface area contributed by atoms with Gasteiger partial charge in [0.1, 0.15) is 0 Å². The molecule has 0 aliphatic heterocycles. The van der Waals surface area contributed by atoms with Gasteiger partial charge in [0.2, 0.25) is 0 Å². The lowest BCUT2D eigenvalue weighted by Crippen LogP contribution is -2.30. The van der Waals surface area contributed by atoms with E-state index >= 15 is 0 Å². The fraction of sp³-hybridized carbons (Fsp3) is 0.304. The van der Waals surface area contributed by atoms with Crippen LogP contribution in [0.2, 0.25) is 0 Å². The number of nitrogens with zero attached hydrogens (tertiary/aromatic N) is 3. The summed E-state index contributed by atoms with van der Waals surface area (Å²) in [6, 6.07) is 18.4. The van der Waals surface area contributed by atoms with Crippen molar-refractivity contribution in [3.8, 4) is 0 Å². The zero-order valence-corrected chi connectivity index (χ0v) is 16.8. The molecule has 2 aromatic carbocycles. The first-order valence-corrected chi connectivity index (χ1v) is 9.77. The maximum atomic E-state index is 12.5. The van der Waals surface area contributed by atoms with Crippen molar-refractivity contribution in [1.82, 2.24) is 15.1 Å². The van der Waals surface area contributed by atoms with Gasteiger partial charge in [-0.2, -0.15) is 5.10 Å². The van der Waals surface area contributed by atoms with Crippen LogP contribution in [0, 0.1) is 0 Å². The number of nitrogens with one attached hydrogen (secondary N) is 1. The molecular formula is C23H28N4O. The number of hydrogen-bond acceptors (Lipinski definition) is 3. The van der Waals surface area contributed by atoms with Gasteiger partial charge in [-0.15, -0.1) is 0 Å². The van der Waals surface area contributed by atoms with E-state index in [0.717, 1.165) is 29.9 Å². The van der Waals surface area contributed by atoms with E-state index in [9.17, 15) is 4.79 Å². The van der Waals surface area contributed by atoms with Crippen molar-refractivity contribution in [2.45, 2.75) is 39.9 Å². The van der Waals surface area contributed by atoms with Crippen molar-refractivity contribution in [3.63, 3.8) is 0 Å². The molecular weight excluding hydrogens is 348 g/mol. The van der Waals surface area contributed by atoms with Gasteiger partial charge in [-0.3, -0.25) is 9.48 Å². The summed E-state index contributed by atoms with van der Waals surface area (Å²) in [6.07, 6.45) is 3.72. The molecule has 5 nitrogen and oxygen atoms in total. The fourth-order valence-electron chi connectivity index (χ4n) is 3.35. The van der Waals surface area contributed by atoms with Gasteiger partial charge in [0, 0.05) is 42.8 Å². The van der Waals surface area contributed by atoms with Crippen LogP contribution in [0.15, 0.2) is 67.0 Å². The molecule has 0 bridgehead atoms. The summed E-state index contributed by atoms with van der Waals surface area (Å²) < 4.78 is 1.88. The normalized spacial score (nSPS) is 10.9. The molecule has 1 amide bonds. The highest BCUT2D eigenvalue weighted by molar-refractivity contribution is 5.94. The lowest BCUT2D eigenvalue weighted by atomic mass is 10.1. The lowest BCUT2D eigenvalue weighted by Gasteiger charge is -2.27. The minimum absolute atomic E-state index is 0.0587. The molecule has 28 heavy (non-hydrogen) atoms. The van der Waals surface area contributed by atoms with Gasteiger partial charge in [-0.05, 0) is 62.2 Å². The molecule has 0 spiro atoms. The van der Waals surface area contributed by atoms with E-state index in [1.807, 2.05) is 53.3 Å². The van der Waals surface area contributed by atoms with Crippen molar-refractivity contribution >= 4 is 11.6 Å². The number of benzene rings is 2. The number of carbonyl (C=O) groups excluding carboxylic acids is 1. The van der Waals surface area contributed by atoms with Crippen molar-refractivity contribution in [3.05, 3.63) is 83.7 Å². The molecule has 5 heteroatoms. The van der Waals surface area contributed by atoms with Crippen LogP contribution < -0.4 is 10.2 Å². The summed E-state index contributed by atoms with van der Waals surface area (Å²) in [5, 5.41) is 7.25. The van der Waals surface area contributed by atoms with Crippen molar-refractivity contribution in [1.29, 1.82) is 0 Å². The molecule has 3 rings (SSSR count). The Morgan fingerprint density at radius 3 is 2.50 bits per heavy atom. The first-order valence-electron chi connectivity index (χ1n) is 9.77. The second-order valence-electron chi connectivity index (χ2n) is 7.13. The summed E-state index contributed by atoms with van der Waals surface area (Å²) in [6.45, 7) is 8.65. The molecule has 0 fully saturated rings. The molecule has 0 atom stereocenters. The van der Waals surface area contributed by atoms with E-state index in [1.54, 1.807) is 6.20 Å². The summed E-state index contributed by atoms with van der Waals surface area (Å²) in [7, 11) is 0. The van der Waals surface area contributed by atoms with Gasteiger partial charge in [0.05, 0.1) is 6.54 Å². The minimum atomic E-state index is -0.0587. The molecule has 1 aromatic heterocycles. The molecule has 1 N–H and O–H groups in total. The van der Waals surface area contributed by atoms with Gasteiger partial charge < -0.3 is 10.2 Å². The van der Waals surface area contributed by atoms with Crippen LogP contribution in [0.5, 0.6) is 0 Å². The Bertz CT molecular complexity index is 885. The molecule has 3 aromatic rings. The van der Waals surface area contributed by atoms with E-state index in [4.69, 9.17) is 0 Å². The third-order valence-electron chi connectivity index (χ3n) is 4.77. The predicted molar refractivity (Wildman–Crippen MR) is 114 cm³/mol. The molecule has 0 aliphatic carbocycles. The second kappa shape index (κ2) is 9.22. The van der Waals surface area contributed by atoms with E-state index in [1.165, 1.54) is 0 Å². The quantitative estimate of drug-likeness (QED) is 0.644. The highest BCUT2D eigenvalue weighted by Crippen LogP contribution is 2.18. The molecule has 0 aliphatic rings. The van der Waals surface area contributed by atoms with Crippen LogP contribution in [-0.4, -0.2) is 28.3 Å². The number of anilines is 1. The van der Waals surface area contributed by atoms with E-state index in [2.05, 4.69) is 48.2 Å². The zero-order chi connectivity index (χ0) is 19.9. The van der Waals surface area contributed by atoms with Gasteiger partial charge in [0.15, 0.2) is 0 Å². The molecule has 0 saturated carbocycles. The largest absolute Gasteiger partial charge is 0.369 e. The Morgan fingerprint density at radius 2 is 1.86 bits per heavy atom. The number of hydrogen-bond donors (Lipinski definition) is 1. The number of aromatic nitrogens is 2. The van der Waals surface area contributed by atoms with Crippen LogP contribution in [0.4, 0.5) is 5.69 Å². The monoisotopic (exact) mass is 376 g/mol. The Labute approximate surface area is 167 Å². The molecule has 0 saturated heterocycles. The molecule has 0 unspecified atom stereocenters. The van der Waals surface area contributed by atoms with Crippen molar-refractivity contribution in [2.24, 2.45) is 0 Å². The standard InChI is InChI=1S/C23H28N4O/c1-4-27(18(2)3)22-11-9-21(10-12-22)23(28)24-16-19-7-5-8-20(15-19)17-26-14-6-13-25-26/h5-15,18H,4,16-17H2,1-3H3,(H,24,28). The summed E-state index contributed by atoms with van der Waals surface area (Å²) in [5.41, 5.74) is 4.05. The van der Waals surface area contributed by atoms with Crippen LogP contribution in [0.25, 0.3) is 0 Å². The number of rotatable bonds is 8. The average molecular weight is 377 g/mol. The highest BCUT2D eigenvalue weighted by atomic mass is 16.1. The van der Waals surface area contributed by atoms with Gasteiger partial charge in [-0.1, -0.05) is 24.3 Å². The smallest absolute Gasteiger partial charge is 0.251 e. The third kappa shape index (κ3) is 5.00. The van der Waals surface area contributed by atoms with Gasteiger partial charge in [-0.25, -0.2) is 0 Å². The Morgan fingerprint density at radius 1 is 1.11 bits per heavy atom. The summed E-state index contributed by atoms with van der Waals surface area (Å²) in [4.78, 5) is 14.8. The van der Waals surface area contributed by atoms with Crippen molar-refractivity contribution < 1.29 is 4.79 Å². The fourth-order valence-corrected chi connectivity index (χ4v) is 3.35. The summed E-state index contributed by atoms with van der Waals surface area (Å²) in [5.74, 6) is -0.0587. The Hall–Kier alpha value is -3.08. The van der Waals surface area contributed by atoms with Crippen LogP contribution >= 0.6 is 0 Å². The minimum Gasteiger partial charge on any atom is -0.369 e. The maximum absolute atomic E-state index is 12.5.